The first-order chi connectivity index (χ1) is 11.1. The Morgan fingerprint density at radius 3 is 2.70 bits per heavy atom. The molecule has 0 aromatic carbocycles. The van der Waals surface area contributed by atoms with E-state index in [2.05, 4.69) is 14.9 Å². The summed E-state index contributed by atoms with van der Waals surface area (Å²) in [4.78, 5) is 10.6. The number of pyridine rings is 1. The highest BCUT2D eigenvalue weighted by Crippen LogP contribution is 2.31. The van der Waals surface area contributed by atoms with E-state index < -0.39 is 0 Å². The van der Waals surface area contributed by atoms with Gasteiger partial charge in [0.1, 0.15) is 10.7 Å². The Kier molecular flexibility index (Phi) is 3.91. The van der Waals surface area contributed by atoms with Gasteiger partial charge in [0.2, 0.25) is 0 Å². The summed E-state index contributed by atoms with van der Waals surface area (Å²) in [5, 5.41) is 13.4. The summed E-state index contributed by atoms with van der Waals surface area (Å²) in [5.74, 6) is 0. The number of rotatable bonds is 2. The summed E-state index contributed by atoms with van der Waals surface area (Å²) in [7, 11) is 0. The molecule has 2 aliphatic rings. The molecule has 2 aromatic rings. The molecule has 124 valence electrons. The molecule has 0 amide bonds. The van der Waals surface area contributed by atoms with Gasteiger partial charge in [-0.1, -0.05) is 11.6 Å². The molecule has 2 aliphatic heterocycles. The summed E-state index contributed by atoms with van der Waals surface area (Å²) in [6.07, 6.45) is 6.79. The molecule has 2 fully saturated rings. The lowest BCUT2D eigenvalue weighted by molar-refractivity contribution is -0.910. The number of oxazole rings is 1. The second kappa shape index (κ2) is 5.92. The van der Waals surface area contributed by atoms with Gasteiger partial charge in [-0.15, -0.1) is 0 Å². The average molecular weight is 337 g/mol. The molecule has 0 radical (unpaired) electrons. The third kappa shape index (κ3) is 2.91. The fourth-order valence-corrected chi connectivity index (χ4v) is 4.02. The van der Waals surface area contributed by atoms with Crippen LogP contribution >= 0.6 is 11.6 Å². The molecule has 0 bridgehead atoms. The van der Waals surface area contributed by atoms with Crippen LogP contribution in [0.5, 0.6) is 0 Å². The molecule has 0 spiro atoms. The molecule has 0 N–H and O–H groups in total. The monoisotopic (exact) mass is 336 g/mol. The molecule has 0 aliphatic carbocycles. The lowest BCUT2D eigenvalue weighted by Gasteiger charge is -2.53. The number of aromatic nitrogens is 2. The number of piperidine rings is 2. The van der Waals surface area contributed by atoms with Gasteiger partial charge in [0.25, 0.3) is 6.01 Å². The van der Waals surface area contributed by atoms with Gasteiger partial charge in [0, 0.05) is 32.0 Å². The normalized spacial score (nSPS) is 22.6. The Labute approximate surface area is 140 Å². The summed E-state index contributed by atoms with van der Waals surface area (Å²) in [5.41, 5.74) is 1.38. The van der Waals surface area contributed by atoms with Crippen molar-refractivity contribution in [2.75, 3.05) is 31.1 Å². The summed E-state index contributed by atoms with van der Waals surface area (Å²) in [6, 6.07) is 2.52. The highest BCUT2D eigenvalue weighted by Gasteiger charge is 2.34. The molecule has 23 heavy (non-hydrogen) atoms. The van der Waals surface area contributed by atoms with Gasteiger partial charge in [-0.05, 0) is 19.3 Å². The van der Waals surface area contributed by atoms with Crippen LogP contribution < -0.4 is 4.90 Å². The SMILES string of the molecule is [O-][N+]1(C2CCN(c3nc4cnc(Cl)cc4o3)CC2)CCCCC1. The molecule has 0 unspecified atom stereocenters. The van der Waals surface area contributed by atoms with Crippen LogP contribution in [-0.2, 0) is 0 Å². The van der Waals surface area contributed by atoms with Crippen molar-refractivity contribution in [3.05, 3.63) is 22.6 Å². The Hall–Kier alpha value is -1.37. The van der Waals surface area contributed by atoms with Gasteiger partial charge < -0.3 is 19.2 Å². The zero-order chi connectivity index (χ0) is 15.9. The number of quaternary nitrogens is 1. The van der Waals surface area contributed by atoms with Crippen molar-refractivity contribution in [3.63, 3.8) is 0 Å². The molecule has 0 saturated carbocycles. The van der Waals surface area contributed by atoms with Crippen LogP contribution in [0.3, 0.4) is 0 Å². The number of nitrogens with zero attached hydrogens (tertiary/aromatic N) is 4. The topological polar surface area (TPSA) is 65.2 Å². The first-order valence-electron chi connectivity index (χ1n) is 8.39. The van der Waals surface area contributed by atoms with Gasteiger partial charge in [-0.25, -0.2) is 4.98 Å². The predicted molar refractivity (Wildman–Crippen MR) is 89.3 cm³/mol. The zero-order valence-electron chi connectivity index (χ0n) is 13.1. The molecule has 7 heteroatoms. The van der Waals surface area contributed by atoms with Crippen molar-refractivity contribution in [3.8, 4) is 0 Å². The van der Waals surface area contributed by atoms with Crippen LogP contribution in [0.25, 0.3) is 11.1 Å². The first-order valence-corrected chi connectivity index (χ1v) is 8.77. The highest BCUT2D eigenvalue weighted by molar-refractivity contribution is 6.29. The molecular weight excluding hydrogens is 316 g/mol. The van der Waals surface area contributed by atoms with E-state index in [0.717, 1.165) is 57.4 Å². The molecule has 4 heterocycles. The molecule has 0 atom stereocenters. The minimum atomic E-state index is 0.0148. The van der Waals surface area contributed by atoms with E-state index in [9.17, 15) is 5.21 Å². The highest BCUT2D eigenvalue weighted by atomic mass is 35.5. The number of likely N-dealkylation sites (tertiary alicyclic amines) is 1. The number of fused-ring (bicyclic) bond motifs is 1. The van der Waals surface area contributed by atoms with E-state index in [-0.39, 0.29) is 10.7 Å². The van der Waals surface area contributed by atoms with Gasteiger partial charge in [0.05, 0.1) is 25.3 Å². The molecule has 2 aromatic heterocycles. The van der Waals surface area contributed by atoms with E-state index in [1.165, 1.54) is 6.42 Å². The smallest absolute Gasteiger partial charge is 0.298 e. The second-order valence-corrected chi connectivity index (χ2v) is 7.04. The third-order valence-corrected chi connectivity index (χ3v) is 5.41. The second-order valence-electron chi connectivity index (χ2n) is 6.65. The predicted octanol–water partition coefficient (Wildman–Crippen LogP) is 3.34. The van der Waals surface area contributed by atoms with E-state index >= 15 is 0 Å². The van der Waals surface area contributed by atoms with Crippen molar-refractivity contribution < 1.29 is 9.06 Å². The van der Waals surface area contributed by atoms with Gasteiger partial charge in [-0.2, -0.15) is 4.98 Å². The fourth-order valence-electron chi connectivity index (χ4n) is 3.87. The lowest BCUT2D eigenvalue weighted by atomic mass is 9.99. The van der Waals surface area contributed by atoms with Crippen LogP contribution in [0.4, 0.5) is 6.01 Å². The number of anilines is 1. The lowest BCUT2D eigenvalue weighted by Crippen LogP contribution is -2.57. The van der Waals surface area contributed by atoms with E-state index in [1.54, 1.807) is 12.3 Å². The largest absolute Gasteiger partial charge is 0.633 e. The molecular formula is C16H21ClN4O2. The molecule has 2 saturated heterocycles. The summed E-state index contributed by atoms with van der Waals surface area (Å²) in [6.45, 7) is 3.22. The first kappa shape index (κ1) is 15.2. The maximum absolute atomic E-state index is 13.0. The van der Waals surface area contributed by atoms with Crippen molar-refractivity contribution in [1.29, 1.82) is 0 Å². The van der Waals surface area contributed by atoms with Gasteiger partial charge in [-0.3, -0.25) is 0 Å². The number of hydrogen-bond donors (Lipinski definition) is 0. The van der Waals surface area contributed by atoms with Crippen LogP contribution in [0, 0.1) is 5.21 Å². The van der Waals surface area contributed by atoms with E-state index in [4.69, 9.17) is 16.0 Å². The van der Waals surface area contributed by atoms with Gasteiger partial charge >= 0.3 is 0 Å². The summed E-state index contributed by atoms with van der Waals surface area (Å²) >= 11 is 5.88. The number of hydroxylamine groups is 3. The van der Waals surface area contributed by atoms with Crippen LogP contribution in [0.1, 0.15) is 32.1 Å². The number of halogens is 1. The van der Waals surface area contributed by atoms with Gasteiger partial charge in [0.15, 0.2) is 5.58 Å². The standard InChI is InChI=1S/C16H21ClN4O2/c17-15-10-14-13(11-18-15)19-16(23-14)20-6-4-12(5-7-20)21(22)8-2-1-3-9-21/h10-12H,1-9H2. The minimum Gasteiger partial charge on any atom is -0.633 e. The maximum Gasteiger partial charge on any atom is 0.298 e. The third-order valence-electron chi connectivity index (χ3n) is 5.20. The minimum absolute atomic E-state index is 0.0148. The Morgan fingerprint density at radius 1 is 1.22 bits per heavy atom. The van der Waals surface area contributed by atoms with Crippen LogP contribution in [-0.4, -0.2) is 46.8 Å². The Balaban J connectivity index is 1.46. The van der Waals surface area contributed by atoms with Crippen LogP contribution in [0.15, 0.2) is 16.7 Å². The van der Waals surface area contributed by atoms with E-state index in [1.807, 2.05) is 0 Å². The molecule has 4 rings (SSSR count). The Bertz CT molecular complexity index is 690. The number of hydrogen-bond acceptors (Lipinski definition) is 5. The van der Waals surface area contributed by atoms with Crippen molar-refractivity contribution in [2.45, 2.75) is 38.1 Å². The maximum atomic E-state index is 13.0. The zero-order valence-corrected chi connectivity index (χ0v) is 13.8. The van der Waals surface area contributed by atoms with E-state index in [0.29, 0.717) is 16.8 Å². The van der Waals surface area contributed by atoms with Crippen molar-refractivity contribution in [1.82, 2.24) is 9.97 Å². The fraction of sp³-hybridized carbons (Fsp3) is 0.625. The van der Waals surface area contributed by atoms with Crippen molar-refractivity contribution in [2.24, 2.45) is 0 Å². The van der Waals surface area contributed by atoms with Crippen molar-refractivity contribution >= 4 is 28.7 Å². The quantitative estimate of drug-likeness (QED) is 0.478. The van der Waals surface area contributed by atoms with Crippen LogP contribution in [0.2, 0.25) is 5.15 Å². The average Bonchev–Trinajstić information content (AvgIpc) is 2.99. The molecule has 6 nitrogen and oxygen atoms in total. The summed E-state index contributed by atoms with van der Waals surface area (Å²) < 4.78 is 5.82. The Morgan fingerprint density at radius 2 is 1.96 bits per heavy atom.